The number of fused-ring (bicyclic) bond motifs is 2. The smallest absolute Gasteiger partial charge is 0.305 e. The molecule has 3 amide bonds. The number of nitro groups is 1. The molecule has 2 N–H and O–H groups in total. The van der Waals surface area contributed by atoms with Crippen LogP contribution in [0.4, 0.5) is 17.1 Å². The normalized spacial score (nSPS) is 19.1. The van der Waals surface area contributed by atoms with E-state index in [0.717, 1.165) is 28.0 Å². The van der Waals surface area contributed by atoms with Crippen LogP contribution in [0.5, 0.6) is 5.75 Å². The zero-order valence-corrected chi connectivity index (χ0v) is 24.8. The third-order valence-corrected chi connectivity index (χ3v) is 10.1. The molecule has 11 nitrogen and oxygen atoms in total. The van der Waals surface area contributed by atoms with Crippen LogP contribution < -0.4 is 19.8 Å². The Morgan fingerprint density at radius 3 is 2.40 bits per heavy atom. The van der Waals surface area contributed by atoms with Gasteiger partial charge in [-0.1, -0.05) is 58.4 Å². The van der Waals surface area contributed by atoms with Gasteiger partial charge in [0.05, 0.1) is 31.6 Å². The number of halogens is 2. The summed E-state index contributed by atoms with van der Waals surface area (Å²) >= 11 is 14.0. The first kappa shape index (κ1) is 28.9. The zero-order valence-electron chi connectivity index (χ0n) is 21.6. The number of carbonyl (C=O) groups excluding carboxylic acids is 3. The van der Waals surface area contributed by atoms with Crippen molar-refractivity contribution in [3.05, 3.63) is 107 Å². The van der Waals surface area contributed by atoms with Gasteiger partial charge in [-0.15, -0.1) is 0 Å². The molecule has 218 valence electrons. The molecule has 1 aromatic heterocycles. The number of rotatable bonds is 7. The van der Waals surface area contributed by atoms with Gasteiger partial charge in [0.25, 0.3) is 11.6 Å². The lowest BCUT2D eigenvalue weighted by Gasteiger charge is -2.29. The summed E-state index contributed by atoms with van der Waals surface area (Å²) < 4.78 is 5.63. The molecule has 0 aliphatic carbocycles. The van der Waals surface area contributed by atoms with Gasteiger partial charge in [-0.05, 0) is 48.0 Å². The number of anilines is 2. The molecule has 1 saturated heterocycles. The fourth-order valence-electron chi connectivity index (χ4n) is 5.05. The first-order valence-electron chi connectivity index (χ1n) is 12.6. The lowest BCUT2D eigenvalue weighted by atomic mass is 9.83. The van der Waals surface area contributed by atoms with E-state index < -0.39 is 39.7 Å². The third kappa shape index (κ3) is 5.52. The Morgan fingerprint density at radius 2 is 1.72 bits per heavy atom. The van der Waals surface area contributed by atoms with Crippen LogP contribution in [0.1, 0.15) is 16.4 Å². The van der Waals surface area contributed by atoms with E-state index in [9.17, 15) is 29.3 Å². The number of thioether (sulfide) groups is 1. The van der Waals surface area contributed by atoms with E-state index >= 15 is 0 Å². The minimum absolute atomic E-state index is 0.165. The van der Waals surface area contributed by atoms with Gasteiger partial charge in [0.2, 0.25) is 11.8 Å². The summed E-state index contributed by atoms with van der Waals surface area (Å²) in [4.78, 5) is 66.7. The van der Waals surface area contributed by atoms with Crippen LogP contribution in [0.3, 0.4) is 0 Å². The number of hydrogen-bond acceptors (Lipinski definition) is 9. The molecule has 0 saturated carbocycles. The number of ether oxygens (including phenoxy) is 1. The Hall–Kier alpha value is -4.17. The number of aromatic amines is 1. The lowest BCUT2D eigenvalue weighted by molar-refractivity contribution is -0.384. The van der Waals surface area contributed by atoms with Crippen molar-refractivity contribution in [3.63, 3.8) is 0 Å². The molecule has 0 spiro atoms. The van der Waals surface area contributed by atoms with E-state index in [-0.39, 0.29) is 22.9 Å². The Labute approximate surface area is 260 Å². The number of thiazole rings is 1. The third-order valence-electron chi connectivity index (χ3n) is 6.96. The Bertz CT molecular complexity index is 1840. The van der Waals surface area contributed by atoms with Crippen molar-refractivity contribution in [1.29, 1.82) is 0 Å². The van der Waals surface area contributed by atoms with Gasteiger partial charge in [0.15, 0.2) is 6.61 Å². The molecular formula is C28H18Cl2N4O7S2. The maximum absolute atomic E-state index is 13.8. The Morgan fingerprint density at radius 1 is 1.00 bits per heavy atom. The molecule has 1 fully saturated rings. The number of carbonyl (C=O) groups is 3. The molecular weight excluding hydrogens is 639 g/mol. The number of non-ortho nitro benzene ring substituents is 1. The highest BCUT2D eigenvalue weighted by Gasteiger charge is 2.56. The predicted molar refractivity (Wildman–Crippen MR) is 163 cm³/mol. The number of hydrogen-bond donors (Lipinski definition) is 2. The van der Waals surface area contributed by atoms with Gasteiger partial charge in [-0.25, -0.2) is 4.90 Å². The van der Waals surface area contributed by atoms with Crippen LogP contribution in [0, 0.1) is 16.0 Å². The number of nitrogens with one attached hydrogen (secondary N) is 2. The fraction of sp³-hybridized carbons (Fsp3) is 0.143. The summed E-state index contributed by atoms with van der Waals surface area (Å²) in [5.74, 6) is -2.40. The van der Waals surface area contributed by atoms with Gasteiger partial charge >= 0.3 is 4.87 Å². The molecule has 3 heterocycles. The van der Waals surface area contributed by atoms with Crippen molar-refractivity contribution in [2.45, 2.75) is 16.2 Å². The van der Waals surface area contributed by atoms with E-state index in [4.69, 9.17) is 27.9 Å². The van der Waals surface area contributed by atoms with Gasteiger partial charge in [-0.2, -0.15) is 0 Å². The molecule has 4 aromatic rings. The Kier molecular flexibility index (Phi) is 7.73. The van der Waals surface area contributed by atoms with Crippen molar-refractivity contribution in [2.75, 3.05) is 16.8 Å². The molecule has 0 bridgehead atoms. The van der Waals surface area contributed by atoms with Gasteiger partial charge < -0.3 is 15.0 Å². The quantitative estimate of drug-likeness (QED) is 0.151. The predicted octanol–water partition coefficient (Wildman–Crippen LogP) is 5.46. The Balaban J connectivity index is 1.23. The van der Waals surface area contributed by atoms with Crippen molar-refractivity contribution in [3.8, 4) is 5.75 Å². The summed E-state index contributed by atoms with van der Waals surface area (Å²) in [6.07, 6.45) is 0. The number of amides is 3. The number of H-pyrrole nitrogens is 1. The average Bonchev–Trinajstić information content (AvgIpc) is 3.48. The number of imide groups is 1. The van der Waals surface area contributed by atoms with Gasteiger partial charge in [-0.3, -0.25) is 29.3 Å². The van der Waals surface area contributed by atoms with Crippen molar-refractivity contribution < 1.29 is 24.0 Å². The highest BCUT2D eigenvalue weighted by Crippen LogP contribution is 2.53. The average molecular weight is 658 g/mol. The van der Waals surface area contributed by atoms with Crippen LogP contribution in [0.15, 0.2) is 76.6 Å². The summed E-state index contributed by atoms with van der Waals surface area (Å²) in [6.45, 7) is -0.287. The molecule has 2 aliphatic rings. The minimum Gasteiger partial charge on any atom is -0.484 e. The summed E-state index contributed by atoms with van der Waals surface area (Å²) in [6, 6.07) is 16.6. The van der Waals surface area contributed by atoms with Crippen molar-refractivity contribution >= 4 is 81.1 Å². The van der Waals surface area contributed by atoms with Crippen molar-refractivity contribution in [1.82, 2.24) is 4.98 Å². The highest BCUT2D eigenvalue weighted by atomic mass is 35.5. The van der Waals surface area contributed by atoms with Crippen LogP contribution in [0.25, 0.3) is 0 Å². The second kappa shape index (κ2) is 11.5. The SMILES string of the molecule is O=C(COc1ccc([C@H]2c3sc(=O)[nH]c3SC3C(=O)N(c4ccc([N+](=O)[O-])cc4)C(=O)C32)cc1)Nc1ccc(Cl)c(Cl)c1. The molecule has 3 aromatic carbocycles. The monoisotopic (exact) mass is 656 g/mol. The maximum atomic E-state index is 13.8. The summed E-state index contributed by atoms with van der Waals surface area (Å²) in [7, 11) is 0. The number of aromatic nitrogens is 1. The molecule has 3 atom stereocenters. The number of nitro benzene ring substituents is 1. The number of nitrogens with zero attached hydrogens (tertiary/aromatic N) is 2. The fourth-order valence-corrected chi connectivity index (χ4v) is 7.86. The molecule has 6 rings (SSSR count). The van der Waals surface area contributed by atoms with E-state index in [1.165, 1.54) is 30.3 Å². The maximum Gasteiger partial charge on any atom is 0.305 e. The first-order valence-corrected chi connectivity index (χ1v) is 15.1. The standard InChI is InChI=1S/C28H18Cl2N4O7S2/c29-18-10-3-14(11-19(18)30)31-20(35)12-41-17-8-1-13(2-9-17)21-22-24(42-25-23(21)43-28(38)32-25)27(37)33(26(22)36)15-4-6-16(7-5-15)34(39)40/h1-11,21-22,24H,12H2,(H,31,35)(H,32,38)/t21-,22?,24?/m1/s1. The largest absolute Gasteiger partial charge is 0.484 e. The molecule has 15 heteroatoms. The summed E-state index contributed by atoms with van der Waals surface area (Å²) in [5, 5.41) is 14.1. The molecule has 0 radical (unpaired) electrons. The van der Waals surface area contributed by atoms with Crippen LogP contribution in [0.2, 0.25) is 10.0 Å². The lowest BCUT2D eigenvalue weighted by Crippen LogP contribution is -2.32. The summed E-state index contributed by atoms with van der Waals surface area (Å²) in [5.41, 5.74) is 1.20. The van der Waals surface area contributed by atoms with Crippen LogP contribution >= 0.6 is 46.3 Å². The minimum atomic E-state index is -0.824. The van der Waals surface area contributed by atoms with Gasteiger partial charge in [0, 0.05) is 28.6 Å². The zero-order chi connectivity index (χ0) is 30.4. The van der Waals surface area contributed by atoms with Crippen LogP contribution in [-0.4, -0.2) is 39.5 Å². The highest BCUT2D eigenvalue weighted by molar-refractivity contribution is 8.00. The van der Waals surface area contributed by atoms with Crippen molar-refractivity contribution in [2.24, 2.45) is 5.92 Å². The number of benzene rings is 3. The first-order chi connectivity index (χ1) is 20.6. The van der Waals surface area contributed by atoms with E-state index in [2.05, 4.69) is 10.3 Å². The second-order valence-electron chi connectivity index (χ2n) is 9.57. The van der Waals surface area contributed by atoms with Crippen LogP contribution in [-0.2, 0) is 14.4 Å². The molecule has 43 heavy (non-hydrogen) atoms. The van der Waals surface area contributed by atoms with E-state index in [1.807, 2.05) is 0 Å². The van der Waals surface area contributed by atoms with Gasteiger partial charge in [0.1, 0.15) is 11.0 Å². The topological polar surface area (TPSA) is 152 Å². The van der Waals surface area contributed by atoms with E-state index in [1.54, 1.807) is 36.4 Å². The molecule has 2 unspecified atom stereocenters. The molecule has 2 aliphatic heterocycles. The second-order valence-corrected chi connectivity index (χ2v) is 12.6. The van der Waals surface area contributed by atoms with E-state index in [0.29, 0.717) is 36.9 Å².